The zero-order valence-electron chi connectivity index (χ0n) is 13.5. The number of hydrogen-bond acceptors (Lipinski definition) is 6. The summed E-state index contributed by atoms with van der Waals surface area (Å²) in [5.74, 6) is 0. The molecule has 0 radical (unpaired) electrons. The molecule has 1 N–H and O–H groups in total. The molecule has 4 rings (SSSR count). The van der Waals surface area contributed by atoms with Gasteiger partial charge in [0.25, 0.3) is 0 Å². The molecular weight excluding hydrogens is 306 g/mol. The van der Waals surface area contributed by atoms with Crippen molar-refractivity contribution in [3.8, 4) is 0 Å². The molecule has 2 aromatic rings. The van der Waals surface area contributed by atoms with Crippen LogP contribution in [0.25, 0.3) is 10.9 Å². The van der Waals surface area contributed by atoms with Gasteiger partial charge in [-0.3, -0.25) is 15.0 Å². The molecule has 0 bridgehead atoms. The van der Waals surface area contributed by atoms with Gasteiger partial charge in [0.05, 0.1) is 10.4 Å². The average molecular weight is 327 g/mol. The van der Waals surface area contributed by atoms with E-state index in [0.717, 1.165) is 55.9 Å². The number of benzene rings is 1. The largest absolute Gasteiger partial charge is 0.363 e. The average Bonchev–Trinajstić information content (AvgIpc) is 3.15. The van der Waals surface area contributed by atoms with Crippen LogP contribution in [0.4, 0.5) is 11.4 Å². The highest BCUT2D eigenvalue weighted by atomic mass is 16.6. The Morgan fingerprint density at radius 1 is 1.21 bits per heavy atom. The van der Waals surface area contributed by atoms with E-state index in [1.165, 1.54) is 12.6 Å². The lowest BCUT2D eigenvalue weighted by atomic mass is 10.1. The van der Waals surface area contributed by atoms with E-state index in [9.17, 15) is 10.1 Å². The normalized spacial score (nSPS) is 22.2. The summed E-state index contributed by atoms with van der Waals surface area (Å²) in [6.45, 7) is 5.65. The molecule has 0 spiro atoms. The van der Waals surface area contributed by atoms with E-state index in [0.29, 0.717) is 6.04 Å². The van der Waals surface area contributed by atoms with Crippen LogP contribution >= 0.6 is 0 Å². The number of nitrogens with one attached hydrogen (secondary N) is 1. The van der Waals surface area contributed by atoms with Crippen LogP contribution in [-0.2, 0) is 0 Å². The van der Waals surface area contributed by atoms with E-state index in [-0.39, 0.29) is 10.6 Å². The minimum Gasteiger partial charge on any atom is -0.363 e. The fourth-order valence-electron chi connectivity index (χ4n) is 3.84. The second kappa shape index (κ2) is 6.33. The molecule has 1 aromatic heterocycles. The maximum absolute atomic E-state index is 11.5. The maximum atomic E-state index is 11.5. The molecule has 3 heterocycles. The van der Waals surface area contributed by atoms with Crippen molar-refractivity contribution >= 4 is 22.3 Å². The number of nitrogens with zero attached hydrogens (tertiary/aromatic N) is 4. The second-order valence-electron chi connectivity index (χ2n) is 6.44. The third-order valence-corrected chi connectivity index (χ3v) is 5.11. The van der Waals surface area contributed by atoms with Crippen molar-refractivity contribution in [1.82, 2.24) is 15.2 Å². The molecule has 2 saturated heterocycles. The van der Waals surface area contributed by atoms with Crippen LogP contribution in [0.2, 0.25) is 0 Å². The van der Waals surface area contributed by atoms with Crippen molar-refractivity contribution in [2.45, 2.75) is 12.5 Å². The molecule has 0 saturated carbocycles. The summed E-state index contributed by atoms with van der Waals surface area (Å²) in [6.07, 6.45) is 2.59. The van der Waals surface area contributed by atoms with Crippen LogP contribution in [0, 0.1) is 10.1 Å². The minimum atomic E-state index is -0.317. The monoisotopic (exact) mass is 327 g/mol. The van der Waals surface area contributed by atoms with E-state index in [4.69, 9.17) is 0 Å². The summed E-state index contributed by atoms with van der Waals surface area (Å²) in [4.78, 5) is 20.1. The maximum Gasteiger partial charge on any atom is 0.311 e. The number of anilines is 1. The molecule has 0 amide bonds. The number of rotatable bonds is 3. The van der Waals surface area contributed by atoms with E-state index < -0.39 is 0 Å². The molecule has 1 atom stereocenters. The van der Waals surface area contributed by atoms with Gasteiger partial charge in [-0.2, -0.15) is 0 Å². The Morgan fingerprint density at radius 3 is 2.71 bits per heavy atom. The number of hydrogen-bond donors (Lipinski definition) is 1. The summed E-state index contributed by atoms with van der Waals surface area (Å²) in [7, 11) is 0. The van der Waals surface area contributed by atoms with Gasteiger partial charge < -0.3 is 10.2 Å². The van der Waals surface area contributed by atoms with Crippen molar-refractivity contribution in [3.05, 3.63) is 40.6 Å². The molecule has 0 aliphatic carbocycles. The molecule has 1 aromatic carbocycles. The Bertz CT molecular complexity index is 752. The first-order chi connectivity index (χ1) is 11.7. The first-order valence-corrected chi connectivity index (χ1v) is 8.46. The van der Waals surface area contributed by atoms with Crippen LogP contribution in [0.3, 0.4) is 0 Å². The van der Waals surface area contributed by atoms with E-state index in [1.807, 2.05) is 24.3 Å². The van der Waals surface area contributed by atoms with Crippen LogP contribution in [0.1, 0.15) is 6.42 Å². The smallest absolute Gasteiger partial charge is 0.311 e. The fourth-order valence-corrected chi connectivity index (χ4v) is 3.84. The molecule has 7 heteroatoms. The highest BCUT2D eigenvalue weighted by molar-refractivity contribution is 5.96. The molecule has 1 unspecified atom stereocenters. The van der Waals surface area contributed by atoms with Crippen LogP contribution in [0.5, 0.6) is 0 Å². The van der Waals surface area contributed by atoms with Gasteiger partial charge in [0.15, 0.2) is 0 Å². The van der Waals surface area contributed by atoms with Gasteiger partial charge in [-0.15, -0.1) is 0 Å². The third-order valence-electron chi connectivity index (χ3n) is 5.11. The molecule has 126 valence electrons. The van der Waals surface area contributed by atoms with Gasteiger partial charge in [0, 0.05) is 44.2 Å². The topological polar surface area (TPSA) is 74.5 Å². The summed E-state index contributed by atoms with van der Waals surface area (Å²) >= 11 is 0. The molecule has 2 aliphatic rings. The summed E-state index contributed by atoms with van der Waals surface area (Å²) < 4.78 is 0. The fraction of sp³-hybridized carbons (Fsp3) is 0.471. The Kier molecular flexibility index (Phi) is 4.03. The van der Waals surface area contributed by atoms with Crippen molar-refractivity contribution in [2.75, 3.05) is 44.2 Å². The minimum absolute atomic E-state index is 0.102. The molecule has 7 nitrogen and oxygen atoms in total. The second-order valence-corrected chi connectivity index (χ2v) is 6.44. The number of piperazine rings is 1. The van der Waals surface area contributed by atoms with Gasteiger partial charge in [0.2, 0.25) is 0 Å². The number of nitro groups is 1. The number of para-hydroxylation sites is 1. The quantitative estimate of drug-likeness (QED) is 0.682. The first-order valence-electron chi connectivity index (χ1n) is 8.46. The van der Waals surface area contributed by atoms with Gasteiger partial charge in [-0.25, -0.2) is 4.98 Å². The standard InChI is InChI=1S/C17H21N5O2/c23-22(24)16-12-19-15-4-2-1-3-14(15)17(16)21-9-7-20(8-10-21)13-5-6-18-11-13/h1-4,12-13,18H,5-11H2. The van der Waals surface area contributed by atoms with Gasteiger partial charge in [0.1, 0.15) is 11.9 Å². The van der Waals surface area contributed by atoms with Gasteiger partial charge in [-0.1, -0.05) is 18.2 Å². The summed E-state index contributed by atoms with van der Waals surface area (Å²) in [5, 5.41) is 15.8. The van der Waals surface area contributed by atoms with Crippen LogP contribution < -0.4 is 10.2 Å². The predicted octanol–water partition coefficient (Wildman–Crippen LogP) is 1.63. The SMILES string of the molecule is O=[N+]([O-])c1cnc2ccccc2c1N1CCN(C2CCNC2)CC1. The zero-order valence-corrected chi connectivity index (χ0v) is 13.5. The Morgan fingerprint density at radius 2 is 2.00 bits per heavy atom. The summed E-state index contributed by atoms with van der Waals surface area (Å²) in [6, 6.07) is 8.27. The lowest BCUT2D eigenvalue weighted by Crippen LogP contribution is -2.51. The Hall–Kier alpha value is -2.25. The number of pyridine rings is 1. The van der Waals surface area contributed by atoms with E-state index in [2.05, 4.69) is 20.1 Å². The highest BCUT2D eigenvalue weighted by Crippen LogP contribution is 2.35. The molecule has 2 fully saturated rings. The predicted molar refractivity (Wildman–Crippen MR) is 93.5 cm³/mol. The van der Waals surface area contributed by atoms with Crippen LogP contribution in [0.15, 0.2) is 30.5 Å². The lowest BCUT2D eigenvalue weighted by Gasteiger charge is -2.38. The number of fused-ring (bicyclic) bond motifs is 1. The summed E-state index contributed by atoms with van der Waals surface area (Å²) in [5.41, 5.74) is 1.63. The lowest BCUT2D eigenvalue weighted by molar-refractivity contribution is -0.384. The van der Waals surface area contributed by atoms with Gasteiger partial charge in [-0.05, 0) is 19.0 Å². The molecule has 2 aliphatic heterocycles. The Balaban J connectivity index is 1.64. The van der Waals surface area contributed by atoms with Crippen molar-refractivity contribution in [3.63, 3.8) is 0 Å². The van der Waals surface area contributed by atoms with Gasteiger partial charge >= 0.3 is 5.69 Å². The highest BCUT2D eigenvalue weighted by Gasteiger charge is 2.29. The number of aromatic nitrogens is 1. The van der Waals surface area contributed by atoms with Crippen molar-refractivity contribution < 1.29 is 4.92 Å². The molecular formula is C17H21N5O2. The van der Waals surface area contributed by atoms with Crippen molar-refractivity contribution in [1.29, 1.82) is 0 Å². The third kappa shape index (κ3) is 2.70. The zero-order chi connectivity index (χ0) is 16.5. The van der Waals surface area contributed by atoms with E-state index >= 15 is 0 Å². The van der Waals surface area contributed by atoms with Crippen molar-refractivity contribution in [2.24, 2.45) is 0 Å². The molecule has 24 heavy (non-hydrogen) atoms. The Labute approximate surface area is 140 Å². The first kappa shape index (κ1) is 15.3. The van der Waals surface area contributed by atoms with Crippen LogP contribution in [-0.4, -0.2) is 60.1 Å². The van der Waals surface area contributed by atoms with E-state index in [1.54, 1.807) is 0 Å².